The van der Waals surface area contributed by atoms with E-state index in [-0.39, 0.29) is 11.5 Å². The number of hydrogen-bond acceptors (Lipinski definition) is 3. The van der Waals surface area contributed by atoms with Crippen LogP contribution in [0.3, 0.4) is 0 Å². The molecule has 5 nitrogen and oxygen atoms in total. The number of nitrogens with zero attached hydrogens (tertiary/aromatic N) is 2. The Labute approximate surface area is 132 Å². The molecular weight excluding hydrogens is 302 g/mol. The molecule has 3 rings (SSSR count). The van der Waals surface area contributed by atoms with Crippen molar-refractivity contribution in [3.63, 3.8) is 0 Å². The molecule has 0 bridgehead atoms. The van der Waals surface area contributed by atoms with Gasteiger partial charge in [0, 0.05) is 35.7 Å². The van der Waals surface area contributed by atoms with Gasteiger partial charge in [-0.1, -0.05) is 17.7 Å². The zero-order valence-corrected chi connectivity index (χ0v) is 12.7. The van der Waals surface area contributed by atoms with Crippen molar-refractivity contribution in [2.45, 2.75) is 25.3 Å². The Balaban J connectivity index is 1.56. The lowest BCUT2D eigenvalue weighted by atomic mass is 10.2. The Hall–Kier alpha value is -2.14. The van der Waals surface area contributed by atoms with Crippen molar-refractivity contribution in [2.24, 2.45) is 0 Å². The summed E-state index contributed by atoms with van der Waals surface area (Å²) in [6.07, 6.45) is 3.79. The second-order valence-corrected chi connectivity index (χ2v) is 5.82. The van der Waals surface area contributed by atoms with Gasteiger partial charge in [-0.05, 0) is 31.0 Å². The third-order valence-corrected chi connectivity index (χ3v) is 3.86. The molecule has 1 amide bonds. The van der Waals surface area contributed by atoms with Gasteiger partial charge in [0.2, 0.25) is 0 Å². The largest absolute Gasteiger partial charge is 0.350 e. The van der Waals surface area contributed by atoms with E-state index in [9.17, 15) is 9.59 Å². The molecule has 1 aliphatic rings. The highest BCUT2D eigenvalue weighted by Gasteiger charge is 2.25. The summed E-state index contributed by atoms with van der Waals surface area (Å²) in [5, 5.41) is 3.28. The number of amides is 1. The fraction of sp³-hybridized carbons (Fsp3) is 0.312. The summed E-state index contributed by atoms with van der Waals surface area (Å²) < 4.78 is 1.50. The molecule has 1 aliphatic carbocycles. The average Bonchev–Trinajstić information content (AvgIpc) is 3.33. The van der Waals surface area contributed by atoms with Gasteiger partial charge in [-0.3, -0.25) is 14.2 Å². The summed E-state index contributed by atoms with van der Waals surface area (Å²) in [5.41, 5.74) is 1.31. The van der Waals surface area contributed by atoms with Crippen molar-refractivity contribution in [1.29, 1.82) is 0 Å². The second kappa shape index (κ2) is 6.32. The number of hydrogen-bond donors (Lipinski definition) is 1. The topological polar surface area (TPSA) is 64.0 Å². The predicted molar refractivity (Wildman–Crippen MR) is 84.3 cm³/mol. The Kier molecular flexibility index (Phi) is 4.24. The minimum absolute atomic E-state index is 0.0751. The fourth-order valence-electron chi connectivity index (χ4n) is 2.23. The zero-order chi connectivity index (χ0) is 15.5. The van der Waals surface area contributed by atoms with Crippen LogP contribution in [0.4, 0.5) is 0 Å². The Morgan fingerprint density at radius 2 is 2.18 bits per heavy atom. The molecule has 0 radical (unpaired) electrons. The van der Waals surface area contributed by atoms with Gasteiger partial charge in [-0.2, -0.15) is 0 Å². The number of carbonyl (C=O) groups excluding carboxylic acids is 1. The number of halogens is 1. The zero-order valence-electron chi connectivity index (χ0n) is 12.0. The van der Waals surface area contributed by atoms with E-state index in [0.717, 1.165) is 18.5 Å². The van der Waals surface area contributed by atoms with E-state index < -0.39 is 0 Å². The first-order chi connectivity index (χ1) is 10.6. The molecule has 0 aliphatic heterocycles. The minimum atomic E-state index is -0.210. The van der Waals surface area contributed by atoms with E-state index in [1.165, 1.54) is 4.57 Å². The summed E-state index contributed by atoms with van der Waals surface area (Å²) in [6.45, 7) is 0.749. The number of rotatable bonds is 5. The first kappa shape index (κ1) is 14.8. The number of aromatic nitrogens is 2. The standard InChI is InChI=1S/C16H16ClN3O2/c17-13-3-1-2-12(8-13)16(22)18-6-7-20-10-19-14(9-15(20)21)11-4-5-11/h1-3,8-11H,4-7H2,(H,18,22). The highest BCUT2D eigenvalue weighted by Crippen LogP contribution is 2.38. The van der Waals surface area contributed by atoms with Gasteiger partial charge in [0.1, 0.15) is 0 Å². The molecule has 1 N–H and O–H groups in total. The number of carbonyl (C=O) groups is 1. The summed E-state index contributed by atoms with van der Waals surface area (Å²) in [6, 6.07) is 8.33. The lowest BCUT2D eigenvalue weighted by Gasteiger charge is -2.08. The quantitative estimate of drug-likeness (QED) is 0.919. The van der Waals surface area contributed by atoms with Crippen molar-refractivity contribution >= 4 is 17.5 Å². The normalized spacial score (nSPS) is 13.9. The molecule has 0 spiro atoms. The van der Waals surface area contributed by atoms with Gasteiger partial charge in [0.25, 0.3) is 11.5 Å². The van der Waals surface area contributed by atoms with Gasteiger partial charge >= 0.3 is 0 Å². The molecule has 6 heteroatoms. The molecule has 22 heavy (non-hydrogen) atoms. The van der Waals surface area contributed by atoms with Crippen LogP contribution in [0.2, 0.25) is 5.02 Å². The number of benzene rings is 1. The molecule has 1 saturated carbocycles. The SMILES string of the molecule is O=C(NCCn1cnc(C2CC2)cc1=O)c1cccc(Cl)c1. The predicted octanol–water partition coefficient (Wildman–Crippen LogP) is 2.20. The maximum absolute atomic E-state index is 12.0. The maximum Gasteiger partial charge on any atom is 0.253 e. The van der Waals surface area contributed by atoms with E-state index in [0.29, 0.717) is 29.6 Å². The summed E-state index contributed by atoms with van der Waals surface area (Å²) in [7, 11) is 0. The molecule has 1 heterocycles. The van der Waals surface area contributed by atoms with Crippen LogP contribution in [-0.2, 0) is 6.54 Å². The van der Waals surface area contributed by atoms with E-state index in [4.69, 9.17) is 11.6 Å². The molecule has 1 fully saturated rings. The van der Waals surface area contributed by atoms with Gasteiger partial charge in [-0.15, -0.1) is 0 Å². The van der Waals surface area contributed by atoms with E-state index >= 15 is 0 Å². The molecule has 1 aromatic carbocycles. The third kappa shape index (κ3) is 3.54. The van der Waals surface area contributed by atoms with Crippen LogP contribution in [0.5, 0.6) is 0 Å². The Morgan fingerprint density at radius 1 is 1.36 bits per heavy atom. The van der Waals surface area contributed by atoms with Crippen LogP contribution in [0.25, 0.3) is 0 Å². The maximum atomic E-state index is 12.0. The van der Waals surface area contributed by atoms with Crippen LogP contribution >= 0.6 is 11.6 Å². The molecule has 114 valence electrons. The van der Waals surface area contributed by atoms with E-state index in [1.807, 2.05) is 0 Å². The number of nitrogens with one attached hydrogen (secondary N) is 1. The highest BCUT2D eigenvalue weighted by molar-refractivity contribution is 6.30. The summed E-state index contributed by atoms with van der Waals surface area (Å²) >= 11 is 5.85. The van der Waals surface area contributed by atoms with Gasteiger partial charge < -0.3 is 5.32 Å². The lowest BCUT2D eigenvalue weighted by Crippen LogP contribution is -2.31. The van der Waals surface area contributed by atoms with Crippen LogP contribution in [0.1, 0.15) is 34.8 Å². The van der Waals surface area contributed by atoms with Crippen molar-refractivity contribution in [3.05, 3.63) is 63.3 Å². The van der Waals surface area contributed by atoms with E-state index in [2.05, 4.69) is 10.3 Å². The monoisotopic (exact) mass is 317 g/mol. The van der Waals surface area contributed by atoms with Gasteiger partial charge in [0.15, 0.2) is 0 Å². The fourth-order valence-corrected chi connectivity index (χ4v) is 2.42. The van der Waals surface area contributed by atoms with Crippen LogP contribution in [0, 0.1) is 0 Å². The van der Waals surface area contributed by atoms with Crippen molar-refractivity contribution in [3.8, 4) is 0 Å². The van der Waals surface area contributed by atoms with Crippen molar-refractivity contribution in [2.75, 3.05) is 6.54 Å². The van der Waals surface area contributed by atoms with Crippen LogP contribution in [0.15, 0.2) is 41.5 Å². The Bertz CT molecular complexity index is 753. The van der Waals surface area contributed by atoms with E-state index in [1.54, 1.807) is 36.7 Å². The van der Waals surface area contributed by atoms with Gasteiger partial charge in [-0.25, -0.2) is 4.98 Å². The smallest absolute Gasteiger partial charge is 0.253 e. The summed E-state index contributed by atoms with van der Waals surface area (Å²) in [4.78, 5) is 28.2. The first-order valence-electron chi connectivity index (χ1n) is 7.23. The molecule has 2 aromatic rings. The lowest BCUT2D eigenvalue weighted by molar-refractivity contribution is 0.0952. The minimum Gasteiger partial charge on any atom is -0.350 e. The molecule has 0 unspecified atom stereocenters. The third-order valence-electron chi connectivity index (χ3n) is 3.62. The van der Waals surface area contributed by atoms with Crippen molar-refractivity contribution in [1.82, 2.24) is 14.9 Å². The molecule has 1 aromatic heterocycles. The highest BCUT2D eigenvalue weighted by atomic mass is 35.5. The van der Waals surface area contributed by atoms with Crippen LogP contribution in [-0.4, -0.2) is 22.0 Å². The first-order valence-corrected chi connectivity index (χ1v) is 7.61. The Morgan fingerprint density at radius 3 is 2.86 bits per heavy atom. The van der Waals surface area contributed by atoms with Gasteiger partial charge in [0.05, 0.1) is 12.0 Å². The average molecular weight is 318 g/mol. The second-order valence-electron chi connectivity index (χ2n) is 5.39. The van der Waals surface area contributed by atoms with Crippen molar-refractivity contribution < 1.29 is 4.79 Å². The summed E-state index contributed by atoms with van der Waals surface area (Å²) in [5.74, 6) is 0.253. The van der Waals surface area contributed by atoms with Crippen LogP contribution < -0.4 is 10.9 Å². The molecule has 0 saturated heterocycles. The molecular formula is C16H16ClN3O2. The molecule has 0 atom stereocenters.